The van der Waals surface area contributed by atoms with Gasteiger partial charge in [0.1, 0.15) is 0 Å². The van der Waals surface area contributed by atoms with E-state index >= 15 is 0 Å². The molecule has 4 nitrogen and oxygen atoms in total. The van der Waals surface area contributed by atoms with Crippen LogP contribution in [0.5, 0.6) is 0 Å². The van der Waals surface area contributed by atoms with Gasteiger partial charge in [0.25, 0.3) is 0 Å². The lowest BCUT2D eigenvalue weighted by Crippen LogP contribution is -2.35. The lowest BCUT2D eigenvalue weighted by Gasteiger charge is -2.18. The summed E-state index contributed by atoms with van der Waals surface area (Å²) in [5, 5.41) is 0. The van der Waals surface area contributed by atoms with Crippen molar-refractivity contribution in [3.05, 3.63) is 11.6 Å². The van der Waals surface area contributed by atoms with Gasteiger partial charge in [-0.05, 0) is 31.3 Å². The largest absolute Gasteiger partial charge is 0.293 e. The molecule has 1 aliphatic rings. The Balaban J connectivity index is 2.71. The predicted molar refractivity (Wildman–Crippen MR) is 66.8 cm³/mol. The van der Waals surface area contributed by atoms with Crippen LogP contribution in [0.25, 0.3) is 0 Å². The first-order valence-electron chi connectivity index (χ1n) is 5.56. The second kappa shape index (κ2) is 5.99. The summed E-state index contributed by atoms with van der Waals surface area (Å²) in [6.07, 6.45) is 11.8. The third kappa shape index (κ3) is 4.33. The summed E-state index contributed by atoms with van der Waals surface area (Å²) < 4.78 is 23.8. The fourth-order valence-corrected chi connectivity index (χ4v) is 2.41. The number of allylic oxidation sites excluding steroid dienone is 1. The molecule has 1 aliphatic carbocycles. The number of carbonyl (C=O) groups is 1. The van der Waals surface area contributed by atoms with Crippen molar-refractivity contribution in [1.29, 1.82) is 0 Å². The fourth-order valence-electron chi connectivity index (χ4n) is 1.75. The van der Waals surface area contributed by atoms with Crippen LogP contribution in [0, 0.1) is 12.3 Å². The zero-order chi connectivity index (χ0) is 12.9. The lowest BCUT2D eigenvalue weighted by molar-refractivity contribution is -0.115. The minimum atomic E-state index is -3.42. The molecule has 0 amide bonds. The van der Waals surface area contributed by atoms with Gasteiger partial charge in [0, 0.05) is 0 Å². The summed E-state index contributed by atoms with van der Waals surface area (Å²) in [5.74, 6) is 2.12. The van der Waals surface area contributed by atoms with Crippen LogP contribution in [0.1, 0.15) is 25.7 Å². The van der Waals surface area contributed by atoms with Crippen LogP contribution in [-0.2, 0) is 14.8 Å². The zero-order valence-electron chi connectivity index (χ0n) is 9.98. The van der Waals surface area contributed by atoms with E-state index < -0.39 is 10.0 Å². The van der Waals surface area contributed by atoms with Crippen LogP contribution in [0.2, 0.25) is 0 Å². The minimum Gasteiger partial charge on any atom is -0.293 e. The molecule has 0 atom stereocenters. The summed E-state index contributed by atoms with van der Waals surface area (Å²) in [7, 11) is -3.42. The Morgan fingerprint density at radius 2 is 2.24 bits per heavy atom. The van der Waals surface area contributed by atoms with Crippen molar-refractivity contribution in [2.24, 2.45) is 0 Å². The molecule has 0 aromatic carbocycles. The van der Waals surface area contributed by atoms with Crippen LogP contribution in [-0.4, -0.2) is 37.9 Å². The van der Waals surface area contributed by atoms with E-state index in [1.807, 2.05) is 6.08 Å². The van der Waals surface area contributed by atoms with Gasteiger partial charge in [-0.3, -0.25) is 4.79 Å². The van der Waals surface area contributed by atoms with Gasteiger partial charge < -0.3 is 0 Å². The van der Waals surface area contributed by atoms with E-state index in [4.69, 9.17) is 6.42 Å². The second-order valence-electron chi connectivity index (χ2n) is 4.13. The molecule has 0 aromatic rings. The van der Waals surface area contributed by atoms with Gasteiger partial charge in [-0.15, -0.1) is 6.42 Å². The molecule has 17 heavy (non-hydrogen) atoms. The topological polar surface area (TPSA) is 54.5 Å². The normalized spacial score (nSPS) is 16.4. The third-order valence-electron chi connectivity index (χ3n) is 2.71. The highest BCUT2D eigenvalue weighted by atomic mass is 32.2. The van der Waals surface area contributed by atoms with E-state index in [-0.39, 0.29) is 18.9 Å². The number of terminal acetylenes is 1. The Morgan fingerprint density at radius 1 is 1.53 bits per heavy atom. The van der Waals surface area contributed by atoms with Crippen molar-refractivity contribution in [2.75, 3.05) is 19.3 Å². The molecule has 0 radical (unpaired) electrons. The van der Waals surface area contributed by atoms with E-state index in [1.165, 1.54) is 0 Å². The number of ketones is 1. The third-order valence-corrected chi connectivity index (χ3v) is 3.90. The van der Waals surface area contributed by atoms with Gasteiger partial charge >= 0.3 is 0 Å². The van der Waals surface area contributed by atoms with Gasteiger partial charge in [-0.1, -0.05) is 12.0 Å². The average molecular weight is 255 g/mol. The van der Waals surface area contributed by atoms with Crippen LogP contribution >= 0.6 is 0 Å². The molecule has 0 bridgehead atoms. The van der Waals surface area contributed by atoms with Crippen molar-refractivity contribution in [3.8, 4) is 12.3 Å². The Bertz CT molecular complexity index is 457. The van der Waals surface area contributed by atoms with Crippen molar-refractivity contribution in [3.63, 3.8) is 0 Å². The molecular formula is C12H17NO3S. The molecule has 5 heteroatoms. The summed E-state index contributed by atoms with van der Waals surface area (Å²) >= 11 is 0. The molecule has 0 heterocycles. The van der Waals surface area contributed by atoms with E-state index in [1.54, 1.807) is 0 Å². The van der Waals surface area contributed by atoms with E-state index in [2.05, 4.69) is 5.92 Å². The van der Waals surface area contributed by atoms with Gasteiger partial charge in [0.2, 0.25) is 10.0 Å². The highest BCUT2D eigenvalue weighted by Gasteiger charge is 2.21. The Hall–Kier alpha value is -1.12. The molecular weight excluding hydrogens is 238 g/mol. The maximum Gasteiger partial charge on any atom is 0.212 e. The summed E-state index contributed by atoms with van der Waals surface area (Å²) in [4.78, 5) is 11.9. The van der Waals surface area contributed by atoms with E-state index in [0.717, 1.165) is 41.8 Å². The van der Waals surface area contributed by atoms with Gasteiger partial charge in [0.15, 0.2) is 5.78 Å². The Kier molecular flexibility index (Phi) is 4.91. The number of sulfonamides is 1. The number of rotatable bonds is 5. The molecule has 0 fully saturated rings. The van der Waals surface area contributed by atoms with E-state index in [9.17, 15) is 13.2 Å². The van der Waals surface area contributed by atoms with E-state index in [0.29, 0.717) is 0 Å². The molecule has 0 aromatic heterocycles. The fraction of sp³-hybridized carbons (Fsp3) is 0.583. The lowest BCUT2D eigenvalue weighted by atomic mass is 9.96. The maximum atomic E-state index is 11.9. The molecule has 0 aliphatic heterocycles. The minimum absolute atomic E-state index is 0.0577. The first kappa shape index (κ1) is 13.9. The Morgan fingerprint density at radius 3 is 2.71 bits per heavy atom. The van der Waals surface area contributed by atoms with Crippen LogP contribution in [0.15, 0.2) is 11.6 Å². The highest BCUT2D eigenvalue weighted by Crippen LogP contribution is 2.18. The number of carbonyl (C=O) groups excluding carboxylic acids is 1. The van der Waals surface area contributed by atoms with Crippen LogP contribution in [0.4, 0.5) is 0 Å². The van der Waals surface area contributed by atoms with Crippen molar-refractivity contribution >= 4 is 15.8 Å². The van der Waals surface area contributed by atoms with Crippen molar-refractivity contribution in [2.45, 2.75) is 25.7 Å². The molecule has 0 unspecified atom stereocenters. The second-order valence-corrected chi connectivity index (χ2v) is 6.12. The molecule has 94 valence electrons. The number of nitrogens with zero attached hydrogens (tertiary/aromatic N) is 1. The first-order chi connectivity index (χ1) is 7.95. The first-order valence-corrected chi connectivity index (χ1v) is 7.41. The maximum absolute atomic E-state index is 11.9. The number of hydrogen-bond acceptors (Lipinski definition) is 3. The molecule has 0 saturated carbocycles. The average Bonchev–Trinajstić information content (AvgIpc) is 2.28. The van der Waals surface area contributed by atoms with Gasteiger partial charge in [-0.2, -0.15) is 4.31 Å². The Labute approximate surface area is 103 Å². The summed E-state index contributed by atoms with van der Waals surface area (Å²) in [5.41, 5.74) is 0.738. The zero-order valence-corrected chi connectivity index (χ0v) is 10.8. The van der Waals surface area contributed by atoms with Crippen molar-refractivity contribution < 1.29 is 13.2 Å². The predicted octanol–water partition coefficient (Wildman–Crippen LogP) is 0.951. The number of hydrogen-bond donors (Lipinski definition) is 0. The molecule has 0 saturated heterocycles. The van der Waals surface area contributed by atoms with Crippen LogP contribution in [0.3, 0.4) is 0 Å². The summed E-state index contributed by atoms with van der Waals surface area (Å²) in [6, 6.07) is 0. The van der Waals surface area contributed by atoms with Gasteiger partial charge in [-0.25, -0.2) is 8.42 Å². The quantitative estimate of drug-likeness (QED) is 0.687. The molecule has 0 spiro atoms. The monoisotopic (exact) mass is 255 g/mol. The standard InChI is InChI=1S/C12H17NO3S/c1-3-9-13(17(2,15)16)10-12(14)11-7-5-4-6-8-11/h1,7H,4-6,8-10H2,2H3. The van der Waals surface area contributed by atoms with Crippen molar-refractivity contribution in [1.82, 2.24) is 4.31 Å². The SMILES string of the molecule is C#CCN(CC(=O)C1=CCCCC1)S(C)(=O)=O. The molecule has 1 rings (SSSR count). The van der Waals surface area contributed by atoms with Gasteiger partial charge in [0.05, 0.1) is 19.3 Å². The molecule has 0 N–H and O–H groups in total. The van der Waals surface area contributed by atoms with Crippen LogP contribution < -0.4 is 0 Å². The smallest absolute Gasteiger partial charge is 0.212 e. The summed E-state index contributed by atoms with van der Waals surface area (Å²) in [6.45, 7) is -0.202. The highest BCUT2D eigenvalue weighted by molar-refractivity contribution is 7.88. The number of Topliss-reactive ketones (excluding diaryl/α,β-unsaturated/α-hetero) is 1.